The Labute approximate surface area is 40.8 Å². The van der Waals surface area contributed by atoms with Gasteiger partial charge in [0.25, 0.3) is 12.5 Å². The molecule has 0 aromatic heterocycles. The highest BCUT2D eigenvalue weighted by Gasteiger charge is 2.06. The van der Waals surface area contributed by atoms with Gasteiger partial charge in [-0.25, -0.2) is 0 Å². The van der Waals surface area contributed by atoms with E-state index in [1.54, 1.807) is 0 Å². The molecule has 4 heteroatoms. The first-order chi connectivity index (χ1) is 3.39. The molecule has 1 fully saturated rings. The van der Waals surface area contributed by atoms with Crippen LogP contribution in [0.1, 0.15) is 0 Å². The molecule has 1 aliphatic rings. The molecule has 0 aliphatic carbocycles. The molecule has 1 rings (SSSR count). The summed E-state index contributed by atoms with van der Waals surface area (Å²) < 4.78 is 0. The second kappa shape index (κ2) is 1.90. The van der Waals surface area contributed by atoms with Gasteiger partial charge in [-0.1, -0.05) is 0 Å². The minimum atomic E-state index is -0.321. The predicted octanol–water partition coefficient (Wildman–Crippen LogP) is -1.37. The van der Waals surface area contributed by atoms with Crippen LogP contribution < -0.4 is 10.8 Å². The second-order valence-corrected chi connectivity index (χ2v) is 1.03. The Morgan fingerprint density at radius 2 is 2.71 bits per heavy atom. The molecule has 1 heterocycles. The van der Waals surface area contributed by atoms with E-state index in [0.717, 1.165) is 0 Å². The fraction of sp³-hybridized carbons (Fsp3) is 0.333. The Kier molecular flexibility index (Phi) is 1.24. The van der Waals surface area contributed by atoms with Gasteiger partial charge in [-0.05, 0) is 0 Å². The van der Waals surface area contributed by atoms with Crippen molar-refractivity contribution in [2.75, 3.05) is 6.67 Å². The first-order valence-electron chi connectivity index (χ1n) is 1.82. The van der Waals surface area contributed by atoms with E-state index >= 15 is 0 Å². The van der Waals surface area contributed by atoms with Crippen LogP contribution in [-0.4, -0.2) is 12.6 Å². The number of amides is 1. The molecular formula is C3H4N2O2. The molecule has 0 aromatic rings. The molecule has 0 bridgehead atoms. The lowest BCUT2D eigenvalue weighted by Crippen LogP contribution is -2.40. The molecule has 2 N–H and O–H groups in total. The highest BCUT2D eigenvalue weighted by Crippen LogP contribution is 1.80. The van der Waals surface area contributed by atoms with Crippen LogP contribution in [-0.2, 0) is 9.63 Å². The van der Waals surface area contributed by atoms with Crippen molar-refractivity contribution in [3.05, 3.63) is 6.61 Å². The summed E-state index contributed by atoms with van der Waals surface area (Å²) in [6, 6.07) is 0. The van der Waals surface area contributed by atoms with E-state index in [-0.39, 0.29) is 5.91 Å². The number of hydroxylamine groups is 1. The van der Waals surface area contributed by atoms with E-state index in [1.165, 1.54) is 0 Å². The van der Waals surface area contributed by atoms with Gasteiger partial charge in [0, 0.05) is 0 Å². The lowest BCUT2D eigenvalue weighted by Gasteiger charge is -2.09. The molecule has 0 aromatic carbocycles. The van der Waals surface area contributed by atoms with Crippen LogP contribution in [0, 0.1) is 6.61 Å². The molecule has 7 heavy (non-hydrogen) atoms. The van der Waals surface area contributed by atoms with Crippen molar-refractivity contribution in [3.63, 3.8) is 0 Å². The number of carbonyl (C=O) groups is 1. The number of hydrogen-bond acceptors (Lipinski definition) is 3. The molecule has 0 unspecified atom stereocenters. The number of hydrogen-bond donors (Lipinski definition) is 2. The van der Waals surface area contributed by atoms with Gasteiger partial charge in [0.2, 0.25) is 0 Å². The van der Waals surface area contributed by atoms with Gasteiger partial charge in [-0.15, -0.1) is 0 Å². The van der Waals surface area contributed by atoms with Crippen molar-refractivity contribution in [2.24, 2.45) is 0 Å². The van der Waals surface area contributed by atoms with Gasteiger partial charge in [0.05, 0.1) is 6.67 Å². The van der Waals surface area contributed by atoms with Crippen molar-refractivity contribution in [2.45, 2.75) is 0 Å². The summed E-state index contributed by atoms with van der Waals surface area (Å²) in [5.74, 6) is -0.321. The van der Waals surface area contributed by atoms with Crippen LogP contribution in [0.15, 0.2) is 0 Å². The first kappa shape index (κ1) is 4.55. The molecule has 0 atom stereocenters. The molecule has 0 saturated carbocycles. The van der Waals surface area contributed by atoms with Gasteiger partial charge >= 0.3 is 0 Å². The summed E-state index contributed by atoms with van der Waals surface area (Å²) in [7, 11) is 0. The van der Waals surface area contributed by atoms with Crippen LogP contribution in [0.5, 0.6) is 0 Å². The number of nitrogens with one attached hydrogen (secondary N) is 2. The summed E-state index contributed by atoms with van der Waals surface area (Å²) in [5, 5.41) is 2.40. The van der Waals surface area contributed by atoms with Crippen LogP contribution in [0.3, 0.4) is 0 Å². The second-order valence-electron chi connectivity index (χ2n) is 1.03. The summed E-state index contributed by atoms with van der Waals surface area (Å²) >= 11 is 0. The van der Waals surface area contributed by atoms with Crippen molar-refractivity contribution < 1.29 is 9.63 Å². The standard InChI is InChI=1S/C3H4N2O2/c6-3-1-7-5-2-4-3/h5H,2H2,(H,4,6). The van der Waals surface area contributed by atoms with Crippen molar-refractivity contribution in [1.82, 2.24) is 10.8 Å². The fourth-order valence-electron chi connectivity index (χ4n) is 0.271. The molecular weight excluding hydrogens is 96.0 g/mol. The Balaban J connectivity index is 2.25. The van der Waals surface area contributed by atoms with Crippen LogP contribution in [0.25, 0.3) is 0 Å². The topological polar surface area (TPSA) is 50.4 Å². The van der Waals surface area contributed by atoms with Gasteiger partial charge in [-0.2, -0.15) is 5.48 Å². The molecule has 2 radical (unpaired) electrons. The van der Waals surface area contributed by atoms with E-state index < -0.39 is 0 Å². The number of rotatable bonds is 0. The third kappa shape index (κ3) is 1.13. The van der Waals surface area contributed by atoms with Crippen LogP contribution >= 0.6 is 0 Å². The van der Waals surface area contributed by atoms with E-state index in [4.69, 9.17) is 0 Å². The maximum atomic E-state index is 10.1. The quantitative estimate of drug-likeness (QED) is 0.395. The van der Waals surface area contributed by atoms with Gasteiger partial charge in [0.1, 0.15) is 0 Å². The Morgan fingerprint density at radius 3 is 3.00 bits per heavy atom. The molecule has 1 saturated heterocycles. The maximum absolute atomic E-state index is 10.1. The smallest absolute Gasteiger partial charge is 0.263 e. The highest BCUT2D eigenvalue weighted by molar-refractivity contribution is 5.83. The lowest BCUT2D eigenvalue weighted by molar-refractivity contribution is -0.127. The maximum Gasteiger partial charge on any atom is 0.263 e. The number of carbonyl (C=O) groups excluding carboxylic acids is 1. The van der Waals surface area contributed by atoms with E-state index in [1.807, 2.05) is 6.61 Å². The molecule has 1 amide bonds. The summed E-state index contributed by atoms with van der Waals surface area (Å²) in [6.45, 7) is 2.37. The Morgan fingerprint density at radius 1 is 1.86 bits per heavy atom. The van der Waals surface area contributed by atoms with E-state index in [2.05, 4.69) is 15.6 Å². The summed E-state index contributed by atoms with van der Waals surface area (Å²) in [4.78, 5) is 14.3. The molecule has 1 aliphatic heterocycles. The first-order valence-corrected chi connectivity index (χ1v) is 1.82. The van der Waals surface area contributed by atoms with Crippen molar-refractivity contribution in [1.29, 1.82) is 0 Å². The van der Waals surface area contributed by atoms with Crippen LogP contribution in [0.4, 0.5) is 0 Å². The lowest BCUT2D eigenvalue weighted by atomic mass is 10.6. The largest absolute Gasteiger partial charge is 0.339 e. The normalized spacial score (nSPS) is 21.4. The zero-order valence-corrected chi connectivity index (χ0v) is 3.52. The monoisotopic (exact) mass is 100 g/mol. The highest BCUT2D eigenvalue weighted by atomic mass is 16.7. The summed E-state index contributed by atoms with van der Waals surface area (Å²) in [6.07, 6.45) is 0. The predicted molar refractivity (Wildman–Crippen MR) is 20.5 cm³/mol. The zero-order chi connectivity index (χ0) is 5.11. The van der Waals surface area contributed by atoms with Gasteiger partial charge in [0.15, 0.2) is 0 Å². The Bertz CT molecular complexity index is 75.0. The van der Waals surface area contributed by atoms with Crippen LogP contribution in [0.2, 0.25) is 0 Å². The van der Waals surface area contributed by atoms with E-state index in [9.17, 15) is 4.79 Å². The SMILES string of the molecule is O=C1[C]ONCN1. The van der Waals surface area contributed by atoms with Gasteiger partial charge < -0.3 is 5.32 Å². The summed E-state index contributed by atoms with van der Waals surface area (Å²) in [5.41, 5.74) is 2.37. The van der Waals surface area contributed by atoms with Crippen molar-refractivity contribution >= 4 is 5.91 Å². The molecule has 4 nitrogen and oxygen atoms in total. The Hall–Kier alpha value is -0.610. The fourth-order valence-corrected chi connectivity index (χ4v) is 0.271. The van der Waals surface area contributed by atoms with Gasteiger partial charge in [-0.3, -0.25) is 9.63 Å². The van der Waals surface area contributed by atoms with E-state index in [0.29, 0.717) is 6.67 Å². The average Bonchev–Trinajstić information content (AvgIpc) is 1.69. The third-order valence-corrected chi connectivity index (χ3v) is 0.537. The molecule has 38 valence electrons. The molecule has 0 spiro atoms. The van der Waals surface area contributed by atoms with Crippen molar-refractivity contribution in [3.8, 4) is 0 Å². The zero-order valence-electron chi connectivity index (χ0n) is 3.52. The minimum Gasteiger partial charge on any atom is -0.339 e. The third-order valence-electron chi connectivity index (χ3n) is 0.537. The average molecular weight is 100 g/mol. The minimum absolute atomic E-state index is 0.321.